The first-order valence-corrected chi connectivity index (χ1v) is 8.65. The fourth-order valence-electron chi connectivity index (χ4n) is 3.16. The van der Waals surface area contributed by atoms with Gasteiger partial charge in [-0.1, -0.05) is 37.3 Å². The third kappa shape index (κ3) is 3.70. The van der Waals surface area contributed by atoms with Crippen LogP contribution in [0, 0.1) is 0 Å². The predicted molar refractivity (Wildman–Crippen MR) is 88.7 cm³/mol. The van der Waals surface area contributed by atoms with Gasteiger partial charge in [-0.05, 0) is 18.4 Å². The fourth-order valence-corrected chi connectivity index (χ4v) is 4.01. The first-order valence-electron chi connectivity index (χ1n) is 7.77. The molecule has 0 radical (unpaired) electrons. The highest BCUT2D eigenvalue weighted by molar-refractivity contribution is 7.09. The summed E-state index contributed by atoms with van der Waals surface area (Å²) in [5.74, 6) is 0. The molecule has 1 fully saturated rings. The normalized spacial score (nSPS) is 21.3. The van der Waals surface area contributed by atoms with E-state index in [0.29, 0.717) is 12.1 Å². The second-order valence-corrected chi connectivity index (χ2v) is 6.56. The standard InChI is InChI=1S/C17H23N3S/c1-2-16(17-19-9-11-21-17)20-10-8-18-15(13-20)12-14-6-4-3-5-7-14/h3-7,9,11,15-16,18H,2,8,10,12-13H2,1H3. The number of hydrogen-bond acceptors (Lipinski definition) is 4. The SMILES string of the molecule is CCC(c1nccs1)N1CCNC(Cc2ccccc2)C1. The summed E-state index contributed by atoms with van der Waals surface area (Å²) in [5, 5.41) is 7.01. The molecule has 1 aromatic carbocycles. The maximum atomic E-state index is 4.53. The molecule has 4 heteroatoms. The van der Waals surface area contributed by atoms with E-state index in [-0.39, 0.29) is 0 Å². The van der Waals surface area contributed by atoms with Crippen molar-refractivity contribution in [3.05, 3.63) is 52.5 Å². The molecule has 1 N–H and O–H groups in total. The highest BCUT2D eigenvalue weighted by Crippen LogP contribution is 2.27. The summed E-state index contributed by atoms with van der Waals surface area (Å²) in [4.78, 5) is 7.13. The van der Waals surface area contributed by atoms with Gasteiger partial charge in [-0.2, -0.15) is 0 Å². The summed E-state index contributed by atoms with van der Waals surface area (Å²) in [6.45, 7) is 5.55. The molecule has 112 valence electrons. The second-order valence-electron chi connectivity index (χ2n) is 5.63. The lowest BCUT2D eigenvalue weighted by Crippen LogP contribution is -2.52. The molecule has 0 amide bonds. The number of benzene rings is 1. The highest BCUT2D eigenvalue weighted by Gasteiger charge is 2.26. The van der Waals surface area contributed by atoms with Crippen LogP contribution in [0.15, 0.2) is 41.9 Å². The third-order valence-electron chi connectivity index (χ3n) is 4.18. The summed E-state index contributed by atoms with van der Waals surface area (Å²) in [5.41, 5.74) is 1.42. The maximum Gasteiger partial charge on any atom is 0.110 e. The molecule has 1 saturated heterocycles. The molecule has 2 atom stereocenters. The molecule has 1 aliphatic rings. The van der Waals surface area contributed by atoms with Crippen LogP contribution in [0.2, 0.25) is 0 Å². The van der Waals surface area contributed by atoms with E-state index in [1.165, 1.54) is 10.6 Å². The van der Waals surface area contributed by atoms with Crippen LogP contribution in [0.4, 0.5) is 0 Å². The molecule has 0 spiro atoms. The van der Waals surface area contributed by atoms with Crippen molar-refractivity contribution >= 4 is 11.3 Å². The summed E-state index contributed by atoms with van der Waals surface area (Å²) in [6.07, 6.45) is 4.16. The molecule has 0 saturated carbocycles. The molecule has 1 aromatic heterocycles. The van der Waals surface area contributed by atoms with Crippen molar-refractivity contribution in [2.45, 2.75) is 31.8 Å². The van der Waals surface area contributed by atoms with Gasteiger partial charge in [0.1, 0.15) is 5.01 Å². The third-order valence-corrected chi connectivity index (χ3v) is 5.05. The van der Waals surface area contributed by atoms with Crippen LogP contribution in [-0.2, 0) is 6.42 Å². The van der Waals surface area contributed by atoms with E-state index < -0.39 is 0 Å². The highest BCUT2D eigenvalue weighted by atomic mass is 32.1. The molecule has 0 bridgehead atoms. The Labute approximate surface area is 131 Å². The van der Waals surface area contributed by atoms with Gasteiger partial charge in [0.2, 0.25) is 0 Å². The quantitative estimate of drug-likeness (QED) is 0.920. The number of rotatable bonds is 5. The predicted octanol–water partition coefficient (Wildman–Crippen LogP) is 3.11. The summed E-state index contributed by atoms with van der Waals surface area (Å²) < 4.78 is 0. The number of nitrogens with zero attached hydrogens (tertiary/aromatic N) is 2. The number of aromatic nitrogens is 1. The lowest BCUT2D eigenvalue weighted by molar-refractivity contribution is 0.139. The van der Waals surface area contributed by atoms with Gasteiger partial charge >= 0.3 is 0 Å². The van der Waals surface area contributed by atoms with Gasteiger partial charge in [-0.15, -0.1) is 11.3 Å². The van der Waals surface area contributed by atoms with Gasteiger partial charge in [-0.3, -0.25) is 4.90 Å². The van der Waals surface area contributed by atoms with Gasteiger partial charge < -0.3 is 5.32 Å². The zero-order chi connectivity index (χ0) is 14.5. The molecule has 2 heterocycles. The maximum absolute atomic E-state index is 4.53. The van der Waals surface area contributed by atoms with Crippen LogP contribution in [0.1, 0.15) is 30.0 Å². The summed E-state index contributed by atoms with van der Waals surface area (Å²) in [7, 11) is 0. The summed E-state index contributed by atoms with van der Waals surface area (Å²) >= 11 is 1.78. The first kappa shape index (κ1) is 14.7. The number of hydrogen-bond donors (Lipinski definition) is 1. The lowest BCUT2D eigenvalue weighted by Gasteiger charge is -2.38. The van der Waals surface area contributed by atoms with Crippen molar-refractivity contribution in [2.75, 3.05) is 19.6 Å². The van der Waals surface area contributed by atoms with Gasteiger partial charge in [0.05, 0.1) is 6.04 Å². The van der Waals surface area contributed by atoms with Crippen molar-refractivity contribution in [1.29, 1.82) is 0 Å². The van der Waals surface area contributed by atoms with Crippen LogP contribution < -0.4 is 5.32 Å². The Kier molecular flexibility index (Phi) is 5.01. The molecule has 3 rings (SSSR count). The smallest absolute Gasteiger partial charge is 0.110 e. The van der Waals surface area contributed by atoms with E-state index in [4.69, 9.17) is 0 Å². The number of piperazine rings is 1. The van der Waals surface area contributed by atoms with Crippen molar-refractivity contribution in [3.8, 4) is 0 Å². The van der Waals surface area contributed by atoms with E-state index in [0.717, 1.165) is 32.5 Å². The van der Waals surface area contributed by atoms with Crippen LogP contribution in [0.3, 0.4) is 0 Å². The molecular formula is C17H23N3S. The average molecular weight is 301 g/mol. The van der Waals surface area contributed by atoms with E-state index in [2.05, 4.69) is 57.8 Å². The fraction of sp³-hybridized carbons (Fsp3) is 0.471. The Hall–Kier alpha value is -1.23. The molecule has 2 unspecified atom stereocenters. The van der Waals surface area contributed by atoms with E-state index in [9.17, 15) is 0 Å². The zero-order valence-corrected chi connectivity index (χ0v) is 13.4. The lowest BCUT2D eigenvalue weighted by atomic mass is 10.0. The Morgan fingerprint density at radius 3 is 2.95 bits per heavy atom. The second kappa shape index (κ2) is 7.16. The number of thiazole rings is 1. The van der Waals surface area contributed by atoms with Crippen molar-refractivity contribution in [2.24, 2.45) is 0 Å². The van der Waals surface area contributed by atoms with Gasteiger partial charge in [0.15, 0.2) is 0 Å². The molecule has 1 aliphatic heterocycles. The minimum atomic E-state index is 0.477. The molecular weight excluding hydrogens is 278 g/mol. The number of nitrogens with one attached hydrogen (secondary N) is 1. The topological polar surface area (TPSA) is 28.2 Å². The van der Waals surface area contributed by atoms with Gasteiger partial charge in [0, 0.05) is 37.3 Å². The summed E-state index contributed by atoms with van der Waals surface area (Å²) in [6, 6.07) is 11.8. The van der Waals surface area contributed by atoms with Gasteiger partial charge in [0.25, 0.3) is 0 Å². The average Bonchev–Trinajstić information content (AvgIpc) is 3.04. The zero-order valence-electron chi connectivity index (χ0n) is 12.5. The van der Waals surface area contributed by atoms with Crippen LogP contribution >= 0.6 is 11.3 Å². The van der Waals surface area contributed by atoms with E-state index in [1.807, 2.05) is 6.20 Å². The van der Waals surface area contributed by atoms with E-state index in [1.54, 1.807) is 11.3 Å². The molecule has 21 heavy (non-hydrogen) atoms. The van der Waals surface area contributed by atoms with Crippen molar-refractivity contribution in [1.82, 2.24) is 15.2 Å². The largest absolute Gasteiger partial charge is 0.311 e. The monoisotopic (exact) mass is 301 g/mol. The molecule has 3 nitrogen and oxygen atoms in total. The minimum Gasteiger partial charge on any atom is -0.311 e. The van der Waals surface area contributed by atoms with Crippen LogP contribution in [-0.4, -0.2) is 35.6 Å². The van der Waals surface area contributed by atoms with Crippen LogP contribution in [0.5, 0.6) is 0 Å². The van der Waals surface area contributed by atoms with E-state index >= 15 is 0 Å². The Morgan fingerprint density at radius 1 is 1.38 bits per heavy atom. The van der Waals surface area contributed by atoms with Crippen molar-refractivity contribution < 1.29 is 0 Å². The minimum absolute atomic E-state index is 0.477. The van der Waals surface area contributed by atoms with Crippen molar-refractivity contribution in [3.63, 3.8) is 0 Å². The Balaban J connectivity index is 1.65. The molecule has 2 aromatic rings. The Bertz CT molecular complexity index is 526. The van der Waals surface area contributed by atoms with Crippen LogP contribution in [0.25, 0.3) is 0 Å². The Morgan fingerprint density at radius 2 is 2.24 bits per heavy atom. The van der Waals surface area contributed by atoms with Gasteiger partial charge in [-0.25, -0.2) is 4.98 Å². The first-order chi connectivity index (χ1) is 10.4. The molecule has 0 aliphatic carbocycles.